The molecule has 2 N–H and O–H groups in total. The number of halogens is 2. The van der Waals surface area contributed by atoms with Gasteiger partial charge in [-0.25, -0.2) is 15.0 Å². The normalized spacial score (nSPS) is 14.3. The van der Waals surface area contributed by atoms with Crippen LogP contribution >= 0.6 is 23.2 Å². The average molecular weight is 481 g/mol. The topological polar surface area (TPSA) is 86.8 Å². The summed E-state index contributed by atoms with van der Waals surface area (Å²) in [7, 11) is 0. The van der Waals surface area contributed by atoms with Crippen LogP contribution in [0.15, 0.2) is 48.8 Å². The average Bonchev–Trinajstić information content (AvgIpc) is 3.48. The van der Waals surface area contributed by atoms with E-state index in [1.165, 1.54) is 6.33 Å². The number of benzene rings is 2. The van der Waals surface area contributed by atoms with E-state index in [0.717, 1.165) is 35.1 Å². The molecule has 0 saturated heterocycles. The Labute approximate surface area is 200 Å². The van der Waals surface area contributed by atoms with Crippen molar-refractivity contribution in [1.29, 1.82) is 0 Å². The Kier molecular flexibility index (Phi) is 5.91. The lowest BCUT2D eigenvalue weighted by molar-refractivity contribution is 0.0800. The summed E-state index contributed by atoms with van der Waals surface area (Å²) >= 11 is 12.7. The van der Waals surface area contributed by atoms with Crippen LogP contribution in [-0.4, -0.2) is 43.8 Å². The van der Waals surface area contributed by atoms with Gasteiger partial charge in [0.2, 0.25) is 0 Å². The highest BCUT2D eigenvalue weighted by molar-refractivity contribution is 6.35. The maximum Gasteiger partial charge on any atom is 0.256 e. The van der Waals surface area contributed by atoms with Crippen molar-refractivity contribution in [3.63, 3.8) is 0 Å². The number of nitrogens with one attached hydrogen (secondary N) is 2. The van der Waals surface area contributed by atoms with Gasteiger partial charge >= 0.3 is 0 Å². The van der Waals surface area contributed by atoms with Gasteiger partial charge in [-0.05, 0) is 36.8 Å². The second kappa shape index (κ2) is 9.00. The molecule has 0 unspecified atom stereocenters. The minimum atomic E-state index is -0.107. The SMILES string of the molecule is CCC[C@H](Nc1ncnc2cc(C(=O)N3CC=CC3)c(Cl)cc12)c1nc2ccc(Cl)cc2[nH]1. The second-order valence-corrected chi connectivity index (χ2v) is 8.87. The van der Waals surface area contributed by atoms with Crippen molar-refractivity contribution in [3.8, 4) is 0 Å². The number of rotatable bonds is 6. The van der Waals surface area contributed by atoms with Crippen LogP contribution in [-0.2, 0) is 0 Å². The monoisotopic (exact) mass is 480 g/mol. The zero-order valence-corrected chi connectivity index (χ0v) is 19.5. The molecule has 168 valence electrons. The van der Waals surface area contributed by atoms with Crippen LogP contribution < -0.4 is 5.32 Å². The molecule has 0 fully saturated rings. The molecule has 2 aromatic heterocycles. The van der Waals surface area contributed by atoms with Gasteiger partial charge in [0.05, 0.1) is 33.2 Å². The molecule has 33 heavy (non-hydrogen) atoms. The number of anilines is 1. The number of imidazole rings is 1. The molecule has 7 nitrogen and oxygen atoms in total. The first-order chi connectivity index (χ1) is 16.0. The number of carbonyl (C=O) groups excluding carboxylic acids is 1. The zero-order valence-electron chi connectivity index (χ0n) is 18.0. The quantitative estimate of drug-likeness (QED) is 0.341. The van der Waals surface area contributed by atoms with E-state index in [1.807, 2.05) is 30.4 Å². The first-order valence-corrected chi connectivity index (χ1v) is 11.6. The fourth-order valence-electron chi connectivity index (χ4n) is 4.07. The van der Waals surface area contributed by atoms with Crippen molar-refractivity contribution in [2.45, 2.75) is 25.8 Å². The van der Waals surface area contributed by atoms with E-state index in [-0.39, 0.29) is 11.9 Å². The fourth-order valence-corrected chi connectivity index (χ4v) is 4.48. The molecule has 0 saturated carbocycles. The molecule has 1 amide bonds. The molecule has 0 aliphatic carbocycles. The lowest BCUT2D eigenvalue weighted by Crippen LogP contribution is -2.28. The van der Waals surface area contributed by atoms with E-state index in [0.29, 0.717) is 40.0 Å². The fraction of sp³-hybridized carbons (Fsp3) is 0.250. The molecule has 5 rings (SSSR count). The largest absolute Gasteiger partial charge is 0.360 e. The molecular weight excluding hydrogens is 459 g/mol. The van der Waals surface area contributed by atoms with Crippen molar-refractivity contribution < 1.29 is 4.79 Å². The van der Waals surface area contributed by atoms with Crippen LogP contribution in [0.5, 0.6) is 0 Å². The summed E-state index contributed by atoms with van der Waals surface area (Å²) in [6.07, 6.45) is 7.21. The molecule has 2 aromatic carbocycles. The van der Waals surface area contributed by atoms with Gasteiger partial charge in [-0.3, -0.25) is 4.79 Å². The van der Waals surface area contributed by atoms with E-state index in [2.05, 4.69) is 27.2 Å². The maximum atomic E-state index is 12.9. The Bertz CT molecular complexity index is 1370. The summed E-state index contributed by atoms with van der Waals surface area (Å²) in [6.45, 7) is 3.30. The predicted molar refractivity (Wildman–Crippen MR) is 132 cm³/mol. The van der Waals surface area contributed by atoms with Crippen LogP contribution in [0.3, 0.4) is 0 Å². The molecule has 4 aromatic rings. The van der Waals surface area contributed by atoms with Crippen LogP contribution in [0.1, 0.15) is 42.0 Å². The van der Waals surface area contributed by atoms with E-state index in [4.69, 9.17) is 28.2 Å². The number of hydrogen-bond acceptors (Lipinski definition) is 5. The van der Waals surface area contributed by atoms with Crippen molar-refractivity contribution in [2.75, 3.05) is 18.4 Å². The lowest BCUT2D eigenvalue weighted by Gasteiger charge is -2.19. The number of nitrogens with zero attached hydrogens (tertiary/aromatic N) is 4. The molecule has 1 aliphatic rings. The molecule has 3 heterocycles. The first-order valence-electron chi connectivity index (χ1n) is 10.8. The molecular formula is C24H22Cl2N6O. The molecule has 0 radical (unpaired) electrons. The van der Waals surface area contributed by atoms with Crippen molar-refractivity contribution in [2.24, 2.45) is 0 Å². The Morgan fingerprint density at radius 2 is 1.97 bits per heavy atom. The first kappa shape index (κ1) is 21.7. The molecule has 9 heteroatoms. The highest BCUT2D eigenvalue weighted by Gasteiger charge is 2.22. The number of aromatic nitrogens is 4. The minimum absolute atomic E-state index is 0.102. The van der Waals surface area contributed by atoms with Crippen molar-refractivity contribution >= 4 is 56.9 Å². The number of amides is 1. The Morgan fingerprint density at radius 1 is 1.15 bits per heavy atom. The zero-order chi connectivity index (χ0) is 22.9. The summed E-state index contributed by atoms with van der Waals surface area (Å²) in [6, 6.07) is 8.99. The lowest BCUT2D eigenvalue weighted by atomic mass is 10.1. The van der Waals surface area contributed by atoms with Crippen LogP contribution in [0.25, 0.3) is 21.9 Å². The standard InChI is InChI=1S/C24H22Cl2N6O/c1-2-5-19(23-29-18-7-6-14(25)10-21(18)31-23)30-22-16-11-17(26)15(12-20(16)27-13-28-22)24(33)32-8-3-4-9-32/h3-4,6-7,10-13,19H,2,5,8-9H2,1H3,(H,29,31)(H,27,28,30)/t19-/m0/s1. The third kappa shape index (κ3) is 4.26. The van der Waals surface area contributed by atoms with Gasteiger partial charge in [-0.15, -0.1) is 0 Å². The van der Waals surface area contributed by atoms with E-state index in [9.17, 15) is 4.79 Å². The highest BCUT2D eigenvalue weighted by atomic mass is 35.5. The number of fused-ring (bicyclic) bond motifs is 2. The summed E-state index contributed by atoms with van der Waals surface area (Å²) in [5.74, 6) is 1.34. The van der Waals surface area contributed by atoms with Gasteiger partial charge in [-0.2, -0.15) is 0 Å². The third-order valence-corrected chi connectivity index (χ3v) is 6.29. The number of H-pyrrole nitrogens is 1. The molecule has 1 aliphatic heterocycles. The second-order valence-electron chi connectivity index (χ2n) is 8.02. The maximum absolute atomic E-state index is 12.9. The minimum Gasteiger partial charge on any atom is -0.360 e. The molecule has 0 bridgehead atoms. The number of aromatic amines is 1. The van der Waals surface area contributed by atoms with Crippen LogP contribution in [0.2, 0.25) is 10.0 Å². The van der Waals surface area contributed by atoms with Gasteiger partial charge in [0.25, 0.3) is 5.91 Å². The van der Waals surface area contributed by atoms with Crippen LogP contribution in [0, 0.1) is 0 Å². The van der Waals surface area contributed by atoms with Gasteiger partial charge < -0.3 is 15.2 Å². The van der Waals surface area contributed by atoms with E-state index in [1.54, 1.807) is 17.0 Å². The highest BCUT2D eigenvalue weighted by Crippen LogP contribution is 2.31. The Morgan fingerprint density at radius 3 is 2.76 bits per heavy atom. The van der Waals surface area contributed by atoms with Gasteiger partial charge in [-0.1, -0.05) is 48.7 Å². The number of hydrogen-bond donors (Lipinski definition) is 2. The summed E-state index contributed by atoms with van der Waals surface area (Å²) < 4.78 is 0. The van der Waals surface area contributed by atoms with E-state index < -0.39 is 0 Å². The summed E-state index contributed by atoms with van der Waals surface area (Å²) in [5, 5.41) is 5.29. The van der Waals surface area contributed by atoms with Crippen molar-refractivity contribution in [1.82, 2.24) is 24.8 Å². The van der Waals surface area contributed by atoms with Gasteiger partial charge in [0.1, 0.15) is 18.0 Å². The van der Waals surface area contributed by atoms with Crippen LogP contribution in [0.4, 0.5) is 5.82 Å². The smallest absolute Gasteiger partial charge is 0.256 e. The Balaban J connectivity index is 1.49. The van der Waals surface area contributed by atoms with E-state index >= 15 is 0 Å². The Hall–Kier alpha value is -3.16. The number of carbonyl (C=O) groups is 1. The molecule has 1 atom stereocenters. The summed E-state index contributed by atoms with van der Waals surface area (Å²) in [5.41, 5.74) is 2.83. The van der Waals surface area contributed by atoms with Gasteiger partial charge in [0.15, 0.2) is 0 Å². The van der Waals surface area contributed by atoms with Crippen molar-refractivity contribution in [3.05, 3.63) is 70.2 Å². The predicted octanol–water partition coefficient (Wildman–Crippen LogP) is 5.78. The summed E-state index contributed by atoms with van der Waals surface area (Å²) in [4.78, 5) is 31.6. The molecule has 0 spiro atoms. The van der Waals surface area contributed by atoms with Gasteiger partial charge in [0, 0.05) is 23.5 Å². The third-order valence-electron chi connectivity index (χ3n) is 5.74.